The van der Waals surface area contributed by atoms with Crippen LogP contribution in [0.2, 0.25) is 0 Å². The predicted molar refractivity (Wildman–Crippen MR) is 91.5 cm³/mol. The van der Waals surface area contributed by atoms with Crippen molar-refractivity contribution in [3.05, 3.63) is 60.2 Å². The zero-order valence-electron chi connectivity index (χ0n) is 13.0. The Balaban J connectivity index is 1.99. The molecule has 25 heavy (non-hydrogen) atoms. The number of hydrogen-bond donors (Lipinski definition) is 1. The van der Waals surface area contributed by atoms with Crippen molar-refractivity contribution in [1.82, 2.24) is 15.0 Å². The summed E-state index contributed by atoms with van der Waals surface area (Å²) in [6.45, 7) is 0. The number of anilines is 1. The Bertz CT molecular complexity index is 936. The third kappa shape index (κ3) is 3.72. The third-order valence-electron chi connectivity index (χ3n) is 3.29. The van der Waals surface area contributed by atoms with Crippen molar-refractivity contribution in [2.75, 3.05) is 12.4 Å². The first-order valence-corrected chi connectivity index (χ1v) is 7.59. The smallest absolute Gasteiger partial charge is 0.255 e. The van der Waals surface area contributed by atoms with Crippen LogP contribution in [0.15, 0.2) is 48.8 Å². The Labute approximate surface area is 147 Å². The molecule has 0 atom stereocenters. The van der Waals surface area contributed by atoms with Crippen molar-refractivity contribution in [2.24, 2.45) is 0 Å². The van der Waals surface area contributed by atoms with Crippen LogP contribution in [0.4, 0.5) is 10.3 Å². The minimum atomic E-state index is -0.904. The van der Waals surface area contributed by atoms with E-state index in [1.54, 1.807) is 37.6 Å². The number of halogens is 2. The second kappa shape index (κ2) is 7.23. The van der Waals surface area contributed by atoms with Crippen molar-refractivity contribution in [3.63, 3.8) is 0 Å². The number of carbonyl (C=O) groups is 1. The zero-order chi connectivity index (χ0) is 17.8. The minimum absolute atomic E-state index is 0.230. The highest BCUT2D eigenvalue weighted by Crippen LogP contribution is 2.31. The van der Waals surface area contributed by atoms with Gasteiger partial charge >= 0.3 is 0 Å². The molecule has 6 nitrogen and oxygen atoms in total. The fourth-order valence-corrected chi connectivity index (χ4v) is 2.27. The average Bonchev–Trinajstić information content (AvgIpc) is 2.63. The van der Waals surface area contributed by atoms with E-state index in [-0.39, 0.29) is 17.2 Å². The maximum absolute atomic E-state index is 13.6. The Morgan fingerprint density at radius 3 is 2.80 bits per heavy atom. The van der Waals surface area contributed by atoms with Crippen LogP contribution in [-0.4, -0.2) is 27.2 Å². The lowest BCUT2D eigenvalue weighted by Crippen LogP contribution is -1.99. The second-order valence-corrected chi connectivity index (χ2v) is 5.23. The first kappa shape index (κ1) is 16.8. The first-order chi connectivity index (χ1) is 12.1. The van der Waals surface area contributed by atoms with Gasteiger partial charge in [-0.05, 0) is 48.0 Å². The van der Waals surface area contributed by atoms with Gasteiger partial charge in [0.2, 0.25) is 11.8 Å². The lowest BCUT2D eigenvalue weighted by molar-refractivity contribution is 0.107. The van der Waals surface area contributed by atoms with Crippen LogP contribution in [0.25, 0.3) is 11.3 Å². The maximum Gasteiger partial charge on any atom is 0.255 e. The molecule has 0 saturated heterocycles. The lowest BCUT2D eigenvalue weighted by Gasteiger charge is -2.10. The standard InChI is InChI=1S/C17H12ClFN4O2/c1-20-17-22-8-6-14(23-17)11-3-2-7-21-16(11)25-10-4-5-13(19)12(9-10)15(18)24/h2-9H,1H3,(H,20,22,23). The van der Waals surface area contributed by atoms with Crippen LogP contribution in [-0.2, 0) is 0 Å². The molecule has 1 aromatic carbocycles. The molecule has 2 heterocycles. The molecule has 1 N–H and O–H groups in total. The van der Waals surface area contributed by atoms with Gasteiger partial charge in [0.1, 0.15) is 11.6 Å². The molecule has 0 amide bonds. The lowest BCUT2D eigenvalue weighted by atomic mass is 10.2. The summed E-state index contributed by atoms with van der Waals surface area (Å²) in [6, 6.07) is 8.95. The van der Waals surface area contributed by atoms with Crippen LogP contribution in [0.3, 0.4) is 0 Å². The van der Waals surface area contributed by atoms with Crippen molar-refractivity contribution in [2.45, 2.75) is 0 Å². The molecule has 0 aliphatic carbocycles. The minimum Gasteiger partial charge on any atom is -0.438 e. The van der Waals surface area contributed by atoms with Crippen molar-refractivity contribution < 1.29 is 13.9 Å². The van der Waals surface area contributed by atoms with Gasteiger partial charge in [-0.2, -0.15) is 0 Å². The molecule has 0 unspecified atom stereocenters. The van der Waals surface area contributed by atoms with E-state index in [1.165, 1.54) is 12.1 Å². The van der Waals surface area contributed by atoms with Crippen LogP contribution in [0.5, 0.6) is 11.6 Å². The Hall–Kier alpha value is -3.06. The van der Waals surface area contributed by atoms with E-state index >= 15 is 0 Å². The maximum atomic E-state index is 13.6. The molecular formula is C17H12ClFN4O2. The monoisotopic (exact) mass is 358 g/mol. The second-order valence-electron chi connectivity index (χ2n) is 4.89. The van der Waals surface area contributed by atoms with Gasteiger partial charge in [0, 0.05) is 19.4 Å². The first-order valence-electron chi connectivity index (χ1n) is 7.22. The summed E-state index contributed by atoms with van der Waals surface area (Å²) in [5, 5.41) is 1.95. The summed E-state index contributed by atoms with van der Waals surface area (Å²) in [7, 11) is 1.71. The topological polar surface area (TPSA) is 77.0 Å². The van der Waals surface area contributed by atoms with Gasteiger partial charge in [-0.3, -0.25) is 4.79 Å². The number of ether oxygens (including phenoxy) is 1. The van der Waals surface area contributed by atoms with Gasteiger partial charge in [0.15, 0.2) is 0 Å². The van der Waals surface area contributed by atoms with Gasteiger partial charge < -0.3 is 10.1 Å². The molecule has 0 aliphatic heterocycles. The SMILES string of the molecule is CNc1nccc(-c2cccnc2Oc2ccc(F)c(C(=O)Cl)c2)n1. The molecule has 0 fully saturated rings. The van der Waals surface area contributed by atoms with E-state index in [4.69, 9.17) is 16.3 Å². The fraction of sp³-hybridized carbons (Fsp3) is 0.0588. The Morgan fingerprint density at radius 1 is 1.20 bits per heavy atom. The van der Waals surface area contributed by atoms with Gasteiger partial charge in [0.05, 0.1) is 16.8 Å². The van der Waals surface area contributed by atoms with Gasteiger partial charge in [-0.25, -0.2) is 19.3 Å². The van der Waals surface area contributed by atoms with Crippen LogP contribution in [0, 0.1) is 5.82 Å². The van der Waals surface area contributed by atoms with Crippen LogP contribution < -0.4 is 10.1 Å². The number of rotatable bonds is 5. The molecule has 0 spiro atoms. The van der Waals surface area contributed by atoms with Gasteiger partial charge in [-0.1, -0.05) is 0 Å². The number of benzene rings is 1. The fourth-order valence-electron chi connectivity index (χ4n) is 2.13. The van der Waals surface area contributed by atoms with E-state index in [0.29, 0.717) is 17.2 Å². The highest BCUT2D eigenvalue weighted by Gasteiger charge is 2.14. The molecule has 0 saturated carbocycles. The molecule has 126 valence electrons. The molecule has 0 bridgehead atoms. The summed E-state index contributed by atoms with van der Waals surface area (Å²) in [6.07, 6.45) is 3.16. The Kier molecular flexibility index (Phi) is 4.85. The van der Waals surface area contributed by atoms with E-state index in [2.05, 4.69) is 20.3 Å². The van der Waals surface area contributed by atoms with Crippen LogP contribution >= 0.6 is 11.6 Å². The molecule has 8 heteroatoms. The average molecular weight is 359 g/mol. The number of aromatic nitrogens is 3. The van der Waals surface area contributed by atoms with Crippen molar-refractivity contribution >= 4 is 22.8 Å². The number of nitrogens with one attached hydrogen (secondary N) is 1. The molecule has 2 aromatic heterocycles. The summed E-state index contributed by atoms with van der Waals surface area (Å²) >= 11 is 5.37. The number of hydrogen-bond acceptors (Lipinski definition) is 6. The highest BCUT2D eigenvalue weighted by molar-refractivity contribution is 6.67. The summed E-state index contributed by atoms with van der Waals surface area (Å²) in [5.74, 6) is 0.211. The Morgan fingerprint density at radius 2 is 2.04 bits per heavy atom. The molecular weight excluding hydrogens is 347 g/mol. The molecule has 0 radical (unpaired) electrons. The van der Waals surface area contributed by atoms with Crippen molar-refractivity contribution in [3.8, 4) is 22.9 Å². The third-order valence-corrected chi connectivity index (χ3v) is 3.49. The van der Waals surface area contributed by atoms with Crippen molar-refractivity contribution in [1.29, 1.82) is 0 Å². The zero-order valence-corrected chi connectivity index (χ0v) is 13.8. The molecule has 3 aromatic rings. The van der Waals surface area contributed by atoms with E-state index in [0.717, 1.165) is 6.07 Å². The van der Waals surface area contributed by atoms with Gasteiger partial charge in [-0.15, -0.1) is 0 Å². The van der Waals surface area contributed by atoms with E-state index < -0.39 is 11.1 Å². The predicted octanol–water partition coefficient (Wildman–Crippen LogP) is 3.89. The largest absolute Gasteiger partial charge is 0.438 e. The normalized spacial score (nSPS) is 10.4. The number of pyridine rings is 1. The van der Waals surface area contributed by atoms with Crippen LogP contribution in [0.1, 0.15) is 10.4 Å². The van der Waals surface area contributed by atoms with Gasteiger partial charge in [0.25, 0.3) is 5.24 Å². The van der Waals surface area contributed by atoms with E-state index in [1.807, 2.05) is 0 Å². The molecule has 0 aliphatic rings. The number of nitrogens with zero attached hydrogens (tertiary/aromatic N) is 3. The summed E-state index contributed by atoms with van der Waals surface area (Å²) in [5.41, 5.74) is 0.943. The number of carbonyl (C=O) groups excluding carboxylic acids is 1. The highest BCUT2D eigenvalue weighted by atomic mass is 35.5. The quantitative estimate of drug-likeness (QED) is 0.697. The summed E-state index contributed by atoms with van der Waals surface area (Å²) < 4.78 is 19.3. The molecule has 3 rings (SSSR count). The summed E-state index contributed by atoms with van der Waals surface area (Å²) in [4.78, 5) is 23.9. The van der Waals surface area contributed by atoms with E-state index in [9.17, 15) is 9.18 Å².